The van der Waals surface area contributed by atoms with Gasteiger partial charge in [0.05, 0.1) is 0 Å². The molecule has 144 valence electrons. The van der Waals surface area contributed by atoms with E-state index >= 15 is 0 Å². The lowest BCUT2D eigenvalue weighted by molar-refractivity contribution is 0.124. The Kier molecular flexibility index (Phi) is 5.16. The monoisotopic (exact) mass is 382 g/mol. The van der Waals surface area contributed by atoms with Crippen LogP contribution in [0.4, 0.5) is 5.13 Å². The second-order valence-corrected chi connectivity index (χ2v) is 9.60. The highest BCUT2D eigenvalue weighted by atomic mass is 32.1. The minimum absolute atomic E-state index is 0.699. The fourth-order valence-corrected chi connectivity index (χ4v) is 6.05. The number of hydrogen-bond donors (Lipinski definition) is 0. The van der Waals surface area contributed by atoms with Crippen LogP contribution in [0, 0.1) is 5.92 Å². The number of thiazole rings is 1. The molecular formula is C22H30N4S. The molecule has 0 amide bonds. The van der Waals surface area contributed by atoms with Crippen LogP contribution in [0.25, 0.3) is 0 Å². The van der Waals surface area contributed by atoms with Crippen molar-refractivity contribution < 1.29 is 0 Å². The lowest BCUT2D eigenvalue weighted by atomic mass is 9.95. The van der Waals surface area contributed by atoms with E-state index in [-0.39, 0.29) is 0 Å². The molecule has 0 saturated carbocycles. The molecule has 4 fully saturated rings. The van der Waals surface area contributed by atoms with Crippen LogP contribution in [0.3, 0.4) is 0 Å². The van der Waals surface area contributed by atoms with E-state index in [1.54, 1.807) is 0 Å². The zero-order chi connectivity index (χ0) is 18.1. The third-order valence-corrected chi connectivity index (χ3v) is 7.47. The summed E-state index contributed by atoms with van der Waals surface area (Å²) in [5.74, 6) is 0.818. The Morgan fingerprint density at radius 3 is 2.67 bits per heavy atom. The molecule has 4 aliphatic rings. The summed E-state index contributed by atoms with van der Waals surface area (Å²) in [4.78, 5) is 14.1. The maximum absolute atomic E-state index is 4.73. The van der Waals surface area contributed by atoms with E-state index in [2.05, 4.69) is 51.2 Å². The molecule has 0 unspecified atom stereocenters. The van der Waals surface area contributed by atoms with Crippen molar-refractivity contribution in [3.05, 3.63) is 47.0 Å². The fourth-order valence-electron chi connectivity index (χ4n) is 5.07. The average molecular weight is 383 g/mol. The Bertz CT molecular complexity index is 740. The Hall–Kier alpha value is -1.43. The van der Waals surface area contributed by atoms with Crippen LogP contribution in [0.5, 0.6) is 0 Å². The van der Waals surface area contributed by atoms with Gasteiger partial charge in [0.1, 0.15) is 0 Å². The predicted molar refractivity (Wildman–Crippen MR) is 112 cm³/mol. The van der Waals surface area contributed by atoms with Crippen molar-refractivity contribution in [2.24, 2.45) is 5.92 Å². The lowest BCUT2D eigenvalue weighted by Crippen LogP contribution is -2.43. The summed E-state index contributed by atoms with van der Waals surface area (Å²) in [6.07, 6.45) is 7.53. The molecule has 1 aromatic heterocycles. The summed E-state index contributed by atoms with van der Waals surface area (Å²) in [6, 6.07) is 11.7. The minimum Gasteiger partial charge on any atom is -0.348 e. The first kappa shape index (κ1) is 17.7. The number of anilines is 1. The number of rotatable bonds is 5. The van der Waals surface area contributed by atoms with Crippen molar-refractivity contribution in [2.45, 2.75) is 44.8 Å². The van der Waals surface area contributed by atoms with Crippen molar-refractivity contribution >= 4 is 16.5 Å². The second kappa shape index (κ2) is 7.90. The summed E-state index contributed by atoms with van der Waals surface area (Å²) < 4.78 is 0. The first-order chi connectivity index (χ1) is 13.3. The molecule has 5 heterocycles. The highest BCUT2D eigenvalue weighted by Gasteiger charge is 2.35. The van der Waals surface area contributed by atoms with Gasteiger partial charge in [-0.15, -0.1) is 11.3 Å². The zero-order valence-electron chi connectivity index (χ0n) is 16.1. The van der Waals surface area contributed by atoms with Crippen LogP contribution in [-0.4, -0.2) is 53.5 Å². The van der Waals surface area contributed by atoms with E-state index < -0.39 is 0 Å². The number of piperidine rings is 1. The molecule has 2 atom stereocenters. The normalized spacial score (nSPS) is 26.6. The van der Waals surface area contributed by atoms with Crippen molar-refractivity contribution in [3.63, 3.8) is 0 Å². The third-order valence-electron chi connectivity index (χ3n) is 6.43. The molecule has 6 rings (SSSR count). The molecule has 1 aromatic carbocycles. The molecule has 2 bridgehead atoms. The molecular weight excluding hydrogens is 352 g/mol. The van der Waals surface area contributed by atoms with Gasteiger partial charge in [0, 0.05) is 62.9 Å². The zero-order valence-corrected chi connectivity index (χ0v) is 16.9. The smallest absolute Gasteiger partial charge is 0.185 e. The molecule has 0 spiro atoms. The highest BCUT2D eigenvalue weighted by molar-refractivity contribution is 7.15. The number of nitrogens with zero attached hydrogens (tertiary/aromatic N) is 4. The topological polar surface area (TPSA) is 22.6 Å². The van der Waals surface area contributed by atoms with Gasteiger partial charge in [-0.2, -0.15) is 0 Å². The summed E-state index contributed by atoms with van der Waals surface area (Å²) in [6.45, 7) is 8.29. The van der Waals surface area contributed by atoms with Gasteiger partial charge in [0.25, 0.3) is 0 Å². The van der Waals surface area contributed by atoms with Crippen LogP contribution in [0.15, 0.2) is 36.5 Å². The summed E-state index contributed by atoms with van der Waals surface area (Å²) in [7, 11) is 0. The van der Waals surface area contributed by atoms with Crippen LogP contribution in [0.2, 0.25) is 0 Å². The molecule has 4 aliphatic heterocycles. The van der Waals surface area contributed by atoms with Gasteiger partial charge in [-0.05, 0) is 37.2 Å². The lowest BCUT2D eigenvalue weighted by Gasteiger charge is -2.35. The van der Waals surface area contributed by atoms with Gasteiger partial charge < -0.3 is 4.90 Å². The van der Waals surface area contributed by atoms with Gasteiger partial charge in [0.2, 0.25) is 0 Å². The summed E-state index contributed by atoms with van der Waals surface area (Å²) in [5.41, 5.74) is 1.45. The quantitative estimate of drug-likeness (QED) is 0.784. The molecule has 0 radical (unpaired) electrons. The number of benzene rings is 1. The first-order valence-electron chi connectivity index (χ1n) is 10.5. The highest BCUT2D eigenvalue weighted by Crippen LogP contribution is 2.32. The van der Waals surface area contributed by atoms with E-state index in [0.717, 1.165) is 19.0 Å². The maximum atomic E-state index is 4.73. The summed E-state index contributed by atoms with van der Waals surface area (Å²) in [5, 5.41) is 1.24. The Morgan fingerprint density at radius 1 is 0.963 bits per heavy atom. The SMILES string of the molecule is c1ccc(CN2C[C@H]3CC[C@@H](C2)N(Cc2cnc(N4CCCC4)s2)C3)cc1. The van der Waals surface area contributed by atoms with E-state index in [9.17, 15) is 0 Å². The van der Waals surface area contributed by atoms with Gasteiger partial charge in [0.15, 0.2) is 5.13 Å². The van der Waals surface area contributed by atoms with E-state index in [1.807, 2.05) is 11.3 Å². The van der Waals surface area contributed by atoms with Gasteiger partial charge >= 0.3 is 0 Å². The standard InChI is InChI=1S/C22H30N4S/c1-2-6-18(7-3-1)13-24-14-19-8-9-20(16-24)26(15-19)17-21-12-23-22(27-21)25-10-4-5-11-25/h1-3,6-7,12,19-20H,4-5,8-11,13-17H2/t19-,20+/m1/s1. The molecule has 27 heavy (non-hydrogen) atoms. The third kappa shape index (κ3) is 4.05. The largest absolute Gasteiger partial charge is 0.348 e. The van der Waals surface area contributed by atoms with Crippen LogP contribution in [0.1, 0.15) is 36.1 Å². The van der Waals surface area contributed by atoms with E-state index in [0.29, 0.717) is 6.04 Å². The van der Waals surface area contributed by atoms with Crippen molar-refractivity contribution in [2.75, 3.05) is 37.6 Å². The van der Waals surface area contributed by atoms with Gasteiger partial charge in [-0.3, -0.25) is 9.80 Å². The van der Waals surface area contributed by atoms with E-state index in [1.165, 1.54) is 74.0 Å². The van der Waals surface area contributed by atoms with Crippen molar-refractivity contribution in [1.29, 1.82) is 0 Å². The molecule has 4 nitrogen and oxygen atoms in total. The Labute approximate surface area is 166 Å². The molecule has 4 saturated heterocycles. The maximum Gasteiger partial charge on any atom is 0.185 e. The molecule has 5 heteroatoms. The molecule has 0 N–H and O–H groups in total. The molecule has 0 aliphatic carbocycles. The van der Waals surface area contributed by atoms with Crippen LogP contribution in [-0.2, 0) is 13.1 Å². The van der Waals surface area contributed by atoms with Crippen molar-refractivity contribution in [1.82, 2.24) is 14.8 Å². The summed E-state index contributed by atoms with van der Waals surface area (Å²) >= 11 is 1.92. The predicted octanol–water partition coefficient (Wildman–Crippen LogP) is 3.84. The first-order valence-corrected chi connectivity index (χ1v) is 11.3. The average Bonchev–Trinajstić information content (AvgIpc) is 3.30. The number of aromatic nitrogens is 1. The minimum atomic E-state index is 0.699. The second-order valence-electron chi connectivity index (χ2n) is 8.51. The van der Waals surface area contributed by atoms with Gasteiger partial charge in [-0.1, -0.05) is 30.3 Å². The van der Waals surface area contributed by atoms with Crippen LogP contribution >= 0.6 is 11.3 Å². The Morgan fingerprint density at radius 2 is 1.81 bits per heavy atom. The number of fused-ring (bicyclic) bond motifs is 4. The van der Waals surface area contributed by atoms with Gasteiger partial charge in [-0.25, -0.2) is 4.98 Å². The molecule has 2 aromatic rings. The fraction of sp³-hybridized carbons (Fsp3) is 0.591. The number of hydrogen-bond acceptors (Lipinski definition) is 5. The van der Waals surface area contributed by atoms with E-state index in [4.69, 9.17) is 4.98 Å². The van der Waals surface area contributed by atoms with Crippen LogP contribution < -0.4 is 4.90 Å². The Balaban J connectivity index is 1.24. The van der Waals surface area contributed by atoms with Crippen molar-refractivity contribution in [3.8, 4) is 0 Å².